The van der Waals surface area contributed by atoms with Crippen molar-refractivity contribution in [2.75, 3.05) is 6.54 Å². The quantitative estimate of drug-likeness (QED) is 0.429. The summed E-state index contributed by atoms with van der Waals surface area (Å²) in [5.41, 5.74) is 6.46. The van der Waals surface area contributed by atoms with Crippen molar-refractivity contribution in [3.05, 3.63) is 59.2 Å². The van der Waals surface area contributed by atoms with E-state index in [2.05, 4.69) is 41.1 Å². The molecule has 1 heterocycles. The lowest BCUT2D eigenvalue weighted by atomic mass is 9.81. The Bertz CT molecular complexity index is 1150. The number of hydrogen-bond donors (Lipinski definition) is 2. The molecule has 1 aliphatic carbocycles. The second kappa shape index (κ2) is 10.2. The minimum absolute atomic E-state index is 0.00298. The predicted molar refractivity (Wildman–Crippen MR) is 138 cm³/mol. The van der Waals surface area contributed by atoms with Crippen LogP contribution in [-0.2, 0) is 17.9 Å². The Kier molecular flexibility index (Phi) is 7.32. The summed E-state index contributed by atoms with van der Waals surface area (Å²) in [4.78, 5) is 12.3. The number of aromatic nitrogens is 1. The highest BCUT2D eigenvalue weighted by molar-refractivity contribution is 5.93. The molecule has 2 N–H and O–H groups in total. The maximum absolute atomic E-state index is 12.3. The summed E-state index contributed by atoms with van der Waals surface area (Å²) in [5, 5.41) is 14.4. The molecule has 3 aromatic rings. The number of benzene rings is 2. The molecular formula is C29H38N2O3. The van der Waals surface area contributed by atoms with Crippen LogP contribution in [0.2, 0.25) is 0 Å². The molecule has 182 valence electrons. The molecule has 0 bridgehead atoms. The van der Waals surface area contributed by atoms with Crippen molar-refractivity contribution in [3.8, 4) is 11.3 Å². The zero-order valence-electron chi connectivity index (χ0n) is 21.0. The maximum Gasteiger partial charge on any atom is 0.407 e. The number of carbonyl (C=O) groups excluding carboxylic acids is 1. The van der Waals surface area contributed by atoms with E-state index in [-0.39, 0.29) is 6.61 Å². The standard InChI is InChI=1S/C29H38N2O3/c1-20-14-15-24-25(18-20)31(17-16-30-28(33)34-29(2,3)4)27(23-13-9-8-12-22(23)19-32)26(24)21-10-6-5-7-11-21/h8-9,12-15,18,21,32H,5-7,10-11,16-17,19H2,1-4H3,(H,30,33). The zero-order chi connectivity index (χ0) is 24.3. The number of rotatable bonds is 6. The number of hydrogen-bond acceptors (Lipinski definition) is 3. The van der Waals surface area contributed by atoms with Crippen molar-refractivity contribution in [3.63, 3.8) is 0 Å². The monoisotopic (exact) mass is 462 g/mol. The Morgan fingerprint density at radius 3 is 2.56 bits per heavy atom. The van der Waals surface area contributed by atoms with E-state index >= 15 is 0 Å². The minimum Gasteiger partial charge on any atom is -0.444 e. The van der Waals surface area contributed by atoms with Crippen LogP contribution >= 0.6 is 0 Å². The lowest BCUT2D eigenvalue weighted by molar-refractivity contribution is 0.0526. The number of alkyl carbamates (subject to hydrolysis) is 1. The van der Waals surface area contributed by atoms with Gasteiger partial charge in [-0.1, -0.05) is 55.7 Å². The Morgan fingerprint density at radius 1 is 1.12 bits per heavy atom. The molecule has 1 fully saturated rings. The fourth-order valence-corrected chi connectivity index (χ4v) is 5.29. The number of aryl methyl sites for hydroxylation is 1. The van der Waals surface area contributed by atoms with Gasteiger partial charge in [0.25, 0.3) is 0 Å². The van der Waals surface area contributed by atoms with E-state index < -0.39 is 11.7 Å². The van der Waals surface area contributed by atoms with Gasteiger partial charge in [0.1, 0.15) is 5.60 Å². The second-order valence-corrected chi connectivity index (χ2v) is 10.5. The first kappa shape index (κ1) is 24.3. The topological polar surface area (TPSA) is 63.5 Å². The summed E-state index contributed by atoms with van der Waals surface area (Å²) in [7, 11) is 0. The number of nitrogens with one attached hydrogen (secondary N) is 1. The van der Waals surface area contributed by atoms with E-state index in [0.717, 1.165) is 11.1 Å². The van der Waals surface area contributed by atoms with Crippen molar-refractivity contribution in [2.45, 2.75) is 84.5 Å². The first-order valence-electron chi connectivity index (χ1n) is 12.6. The molecule has 5 heteroatoms. The van der Waals surface area contributed by atoms with Gasteiger partial charge < -0.3 is 19.7 Å². The second-order valence-electron chi connectivity index (χ2n) is 10.5. The molecule has 1 aromatic heterocycles. The Balaban J connectivity index is 1.82. The molecule has 1 aliphatic rings. The highest BCUT2D eigenvalue weighted by atomic mass is 16.6. The lowest BCUT2D eigenvalue weighted by Gasteiger charge is -2.24. The van der Waals surface area contributed by atoms with Gasteiger partial charge in [-0.3, -0.25) is 0 Å². The van der Waals surface area contributed by atoms with Crippen LogP contribution in [0.3, 0.4) is 0 Å². The van der Waals surface area contributed by atoms with Gasteiger partial charge >= 0.3 is 6.09 Å². The number of ether oxygens (including phenoxy) is 1. The van der Waals surface area contributed by atoms with E-state index in [4.69, 9.17) is 4.74 Å². The van der Waals surface area contributed by atoms with Crippen molar-refractivity contribution in [2.24, 2.45) is 0 Å². The summed E-state index contributed by atoms with van der Waals surface area (Å²) in [5.74, 6) is 0.501. The van der Waals surface area contributed by atoms with Crippen LogP contribution in [0.5, 0.6) is 0 Å². The van der Waals surface area contributed by atoms with Crippen molar-refractivity contribution in [1.82, 2.24) is 9.88 Å². The predicted octanol–water partition coefficient (Wildman–Crippen LogP) is 6.68. The largest absolute Gasteiger partial charge is 0.444 e. The molecule has 0 spiro atoms. The van der Waals surface area contributed by atoms with Crippen LogP contribution in [-0.4, -0.2) is 27.9 Å². The highest BCUT2D eigenvalue weighted by Crippen LogP contribution is 2.45. The minimum atomic E-state index is -0.527. The Labute approximate surface area is 203 Å². The number of aliphatic hydroxyl groups is 1. The molecular weight excluding hydrogens is 424 g/mol. The third kappa shape index (κ3) is 5.30. The summed E-state index contributed by atoms with van der Waals surface area (Å²) >= 11 is 0. The van der Waals surface area contributed by atoms with E-state index in [0.29, 0.717) is 19.0 Å². The molecule has 4 rings (SSSR count). The molecule has 0 unspecified atom stereocenters. The van der Waals surface area contributed by atoms with Crippen LogP contribution in [0.15, 0.2) is 42.5 Å². The molecule has 2 aromatic carbocycles. The van der Waals surface area contributed by atoms with Crippen LogP contribution in [0.25, 0.3) is 22.2 Å². The van der Waals surface area contributed by atoms with Gasteiger partial charge in [-0.05, 0) is 69.2 Å². The number of fused-ring (bicyclic) bond motifs is 1. The zero-order valence-corrected chi connectivity index (χ0v) is 21.0. The molecule has 1 saturated carbocycles. The first-order valence-corrected chi connectivity index (χ1v) is 12.6. The van der Waals surface area contributed by atoms with Crippen LogP contribution in [0.1, 0.15) is 75.5 Å². The SMILES string of the molecule is Cc1ccc2c(C3CCCCC3)c(-c3ccccc3CO)n(CCNC(=O)OC(C)(C)C)c2c1. The fourth-order valence-electron chi connectivity index (χ4n) is 5.29. The normalized spacial score (nSPS) is 15.0. The maximum atomic E-state index is 12.3. The molecule has 0 saturated heterocycles. The average Bonchev–Trinajstić information content (AvgIpc) is 3.11. The van der Waals surface area contributed by atoms with Crippen molar-refractivity contribution < 1.29 is 14.6 Å². The van der Waals surface area contributed by atoms with E-state index in [1.165, 1.54) is 59.8 Å². The van der Waals surface area contributed by atoms with E-state index in [9.17, 15) is 9.90 Å². The summed E-state index contributed by atoms with van der Waals surface area (Å²) in [6.07, 6.45) is 5.80. The molecule has 5 nitrogen and oxygen atoms in total. The van der Waals surface area contributed by atoms with Gasteiger partial charge in [0.05, 0.1) is 12.3 Å². The van der Waals surface area contributed by atoms with Gasteiger partial charge in [-0.15, -0.1) is 0 Å². The summed E-state index contributed by atoms with van der Waals surface area (Å²) in [6, 6.07) is 14.9. The third-order valence-electron chi connectivity index (χ3n) is 6.72. The highest BCUT2D eigenvalue weighted by Gasteiger charge is 2.27. The van der Waals surface area contributed by atoms with Crippen LogP contribution in [0.4, 0.5) is 4.79 Å². The van der Waals surface area contributed by atoms with Gasteiger partial charge in [0.2, 0.25) is 0 Å². The van der Waals surface area contributed by atoms with Gasteiger partial charge in [0.15, 0.2) is 0 Å². The van der Waals surface area contributed by atoms with Crippen molar-refractivity contribution in [1.29, 1.82) is 0 Å². The lowest BCUT2D eigenvalue weighted by Crippen LogP contribution is -2.34. The van der Waals surface area contributed by atoms with Crippen LogP contribution in [0, 0.1) is 6.92 Å². The number of nitrogens with zero attached hydrogens (tertiary/aromatic N) is 1. The van der Waals surface area contributed by atoms with Gasteiger partial charge in [-0.2, -0.15) is 0 Å². The third-order valence-corrected chi connectivity index (χ3v) is 6.72. The van der Waals surface area contributed by atoms with Crippen LogP contribution < -0.4 is 5.32 Å². The molecule has 0 aliphatic heterocycles. The van der Waals surface area contributed by atoms with Gasteiger partial charge in [-0.25, -0.2) is 4.79 Å². The summed E-state index contributed by atoms with van der Waals surface area (Å²) < 4.78 is 7.79. The van der Waals surface area contributed by atoms with E-state index in [1.807, 2.05) is 39.0 Å². The Hall–Kier alpha value is -2.79. The molecule has 0 atom stereocenters. The van der Waals surface area contributed by atoms with Gasteiger partial charge in [0, 0.05) is 29.6 Å². The number of carbonyl (C=O) groups is 1. The Morgan fingerprint density at radius 2 is 1.85 bits per heavy atom. The summed E-state index contributed by atoms with van der Waals surface area (Å²) in [6.45, 7) is 8.82. The average molecular weight is 463 g/mol. The molecule has 1 amide bonds. The number of aliphatic hydroxyl groups excluding tert-OH is 1. The van der Waals surface area contributed by atoms with E-state index in [1.54, 1.807) is 0 Å². The number of amides is 1. The molecule has 34 heavy (non-hydrogen) atoms. The fraction of sp³-hybridized carbons (Fsp3) is 0.483. The first-order chi connectivity index (χ1) is 16.3. The van der Waals surface area contributed by atoms with Crippen molar-refractivity contribution >= 4 is 17.0 Å². The molecule has 0 radical (unpaired) electrons. The smallest absolute Gasteiger partial charge is 0.407 e.